The number of halogens is 1. The highest BCUT2D eigenvalue weighted by Gasteiger charge is 2.24. The van der Waals surface area contributed by atoms with Crippen LogP contribution in [0, 0.1) is 0 Å². The van der Waals surface area contributed by atoms with Gasteiger partial charge in [-0.3, -0.25) is 4.79 Å². The van der Waals surface area contributed by atoms with Gasteiger partial charge in [-0.2, -0.15) is 0 Å². The van der Waals surface area contributed by atoms with Crippen molar-refractivity contribution in [1.82, 2.24) is 20.3 Å². The number of esters is 1. The van der Waals surface area contributed by atoms with Gasteiger partial charge in [0.25, 0.3) is 0 Å². The summed E-state index contributed by atoms with van der Waals surface area (Å²) in [5, 5.41) is 23.9. The summed E-state index contributed by atoms with van der Waals surface area (Å²) in [5.41, 5.74) is 3.19. The number of aromatic hydroxyl groups is 1. The molecule has 1 fully saturated rings. The Morgan fingerprint density at radius 1 is 1.19 bits per heavy atom. The quantitative estimate of drug-likeness (QED) is 0.556. The first kappa shape index (κ1) is 22.6. The van der Waals surface area contributed by atoms with E-state index in [-0.39, 0.29) is 29.7 Å². The zero-order valence-corrected chi connectivity index (χ0v) is 19.4. The number of hydrogen-bond donors (Lipinski definition) is 2. The number of aryl methyl sites for hydroxylation is 1. The molecule has 3 aromatic rings. The van der Waals surface area contributed by atoms with E-state index in [0.29, 0.717) is 28.2 Å². The van der Waals surface area contributed by atoms with Gasteiger partial charge in [0.1, 0.15) is 28.6 Å². The summed E-state index contributed by atoms with van der Waals surface area (Å²) in [6.07, 6.45) is 2.49. The molecule has 170 valence electrons. The zero-order valence-electron chi connectivity index (χ0n) is 18.7. The molecule has 0 aliphatic carbocycles. The number of rotatable bonds is 5. The Kier molecular flexibility index (Phi) is 6.40. The average molecular weight is 457 g/mol. The lowest BCUT2D eigenvalue weighted by molar-refractivity contribution is -0.150. The van der Waals surface area contributed by atoms with Gasteiger partial charge in [0, 0.05) is 17.0 Å². The van der Waals surface area contributed by atoms with Gasteiger partial charge in [-0.25, -0.2) is 0 Å². The maximum absolute atomic E-state index is 12.4. The summed E-state index contributed by atoms with van der Waals surface area (Å²) < 4.78 is 5.63. The van der Waals surface area contributed by atoms with Crippen LogP contribution in [0.2, 0.25) is 5.02 Å². The first-order chi connectivity index (χ1) is 15.2. The monoisotopic (exact) mass is 456 g/mol. The van der Waals surface area contributed by atoms with Gasteiger partial charge in [0.2, 0.25) is 0 Å². The molecule has 0 bridgehead atoms. The fourth-order valence-electron chi connectivity index (χ4n) is 3.95. The molecule has 2 heterocycles. The maximum atomic E-state index is 12.4. The van der Waals surface area contributed by atoms with Crippen molar-refractivity contribution in [2.75, 3.05) is 13.1 Å². The summed E-state index contributed by atoms with van der Waals surface area (Å²) >= 11 is 6.08. The summed E-state index contributed by atoms with van der Waals surface area (Å²) in [6, 6.07) is 9.08. The molecule has 0 radical (unpaired) electrons. The Labute approximate surface area is 192 Å². The van der Waals surface area contributed by atoms with Crippen molar-refractivity contribution in [2.24, 2.45) is 0 Å². The Bertz CT molecular complexity index is 1130. The normalized spacial score (nSPS) is 15.2. The van der Waals surface area contributed by atoms with Crippen molar-refractivity contribution in [2.45, 2.75) is 58.0 Å². The predicted octanol–water partition coefficient (Wildman–Crippen LogP) is 4.30. The zero-order chi connectivity index (χ0) is 22.9. The lowest BCUT2D eigenvalue weighted by Crippen LogP contribution is -2.33. The minimum Gasteiger partial charge on any atom is -0.505 e. The minimum atomic E-state index is -0.305. The number of nitrogens with zero attached hydrogens (tertiary/aromatic N) is 3. The van der Waals surface area contributed by atoms with Crippen molar-refractivity contribution >= 4 is 28.6 Å². The van der Waals surface area contributed by atoms with Gasteiger partial charge in [-0.05, 0) is 67.6 Å². The number of phenolic OH excluding ortho intramolecular Hbond substituents is 1. The Morgan fingerprint density at radius 3 is 2.62 bits per heavy atom. The largest absolute Gasteiger partial charge is 0.505 e. The van der Waals surface area contributed by atoms with Crippen molar-refractivity contribution < 1.29 is 14.6 Å². The van der Waals surface area contributed by atoms with Crippen molar-refractivity contribution in [3.63, 3.8) is 0 Å². The number of ether oxygens (including phenoxy) is 1. The third-order valence-corrected chi connectivity index (χ3v) is 5.95. The molecule has 1 aliphatic rings. The van der Waals surface area contributed by atoms with Gasteiger partial charge >= 0.3 is 5.97 Å². The number of carbonyl (C=O) groups is 1. The van der Waals surface area contributed by atoms with E-state index in [4.69, 9.17) is 16.3 Å². The van der Waals surface area contributed by atoms with Gasteiger partial charge in [0.15, 0.2) is 0 Å². The van der Waals surface area contributed by atoms with E-state index in [9.17, 15) is 9.90 Å². The second-order valence-electron chi connectivity index (χ2n) is 9.32. The molecule has 1 saturated heterocycles. The number of aromatic nitrogens is 3. The molecule has 0 atom stereocenters. The van der Waals surface area contributed by atoms with E-state index in [2.05, 4.69) is 15.5 Å². The molecule has 1 aliphatic heterocycles. The third kappa shape index (κ3) is 5.05. The second kappa shape index (κ2) is 9.08. The fourth-order valence-corrected chi connectivity index (χ4v) is 4.11. The second-order valence-corrected chi connectivity index (χ2v) is 9.76. The molecule has 8 heteroatoms. The van der Waals surface area contributed by atoms with Crippen LogP contribution in [0.4, 0.5) is 0 Å². The van der Waals surface area contributed by atoms with Crippen LogP contribution in [-0.4, -0.2) is 45.3 Å². The predicted molar refractivity (Wildman–Crippen MR) is 125 cm³/mol. The molecular formula is C24H29ClN4O3. The summed E-state index contributed by atoms with van der Waals surface area (Å²) in [5.74, 6) is -0.0636. The molecule has 2 aromatic carbocycles. The van der Waals surface area contributed by atoms with Crippen LogP contribution in [0.3, 0.4) is 0 Å². The van der Waals surface area contributed by atoms with Crippen LogP contribution in [-0.2, 0) is 21.4 Å². The first-order valence-electron chi connectivity index (χ1n) is 11.0. The van der Waals surface area contributed by atoms with E-state index in [1.165, 1.54) is 4.80 Å². The molecule has 1 aromatic heterocycles. The van der Waals surface area contributed by atoms with Crippen molar-refractivity contribution in [1.29, 1.82) is 0 Å². The Balaban J connectivity index is 1.61. The van der Waals surface area contributed by atoms with E-state index < -0.39 is 0 Å². The minimum absolute atomic E-state index is 0.00297. The topological polar surface area (TPSA) is 89.3 Å². The van der Waals surface area contributed by atoms with Crippen LogP contribution < -0.4 is 5.32 Å². The van der Waals surface area contributed by atoms with Gasteiger partial charge in [0.05, 0.1) is 0 Å². The van der Waals surface area contributed by atoms with Crippen molar-refractivity contribution in [3.05, 3.63) is 46.5 Å². The van der Waals surface area contributed by atoms with E-state index in [1.54, 1.807) is 18.2 Å². The number of carbonyl (C=O) groups excluding carboxylic acids is 1. The molecule has 7 nitrogen and oxygen atoms in total. The average Bonchev–Trinajstić information content (AvgIpc) is 3.15. The molecular weight excluding hydrogens is 428 g/mol. The summed E-state index contributed by atoms with van der Waals surface area (Å²) in [7, 11) is 0. The van der Waals surface area contributed by atoms with Crippen LogP contribution >= 0.6 is 11.6 Å². The van der Waals surface area contributed by atoms with Crippen LogP contribution in [0.15, 0.2) is 30.3 Å². The molecule has 2 N–H and O–H groups in total. The molecule has 4 rings (SSSR count). The maximum Gasteiger partial charge on any atom is 0.306 e. The SMILES string of the molecule is CC(C)(C)c1cc(CCC(=O)OC2CCNCC2)cc(-n2nc3ccc(Cl)cc3n2)c1O. The summed E-state index contributed by atoms with van der Waals surface area (Å²) in [4.78, 5) is 13.8. The lowest BCUT2D eigenvalue weighted by Gasteiger charge is -2.24. The number of hydrogen-bond acceptors (Lipinski definition) is 6. The number of piperidine rings is 1. The number of nitrogens with one attached hydrogen (secondary N) is 1. The Morgan fingerprint density at radius 2 is 1.91 bits per heavy atom. The smallest absolute Gasteiger partial charge is 0.306 e. The van der Waals surface area contributed by atoms with Crippen LogP contribution in [0.25, 0.3) is 16.7 Å². The van der Waals surface area contributed by atoms with E-state index in [0.717, 1.165) is 37.1 Å². The molecule has 0 unspecified atom stereocenters. The highest BCUT2D eigenvalue weighted by molar-refractivity contribution is 6.31. The van der Waals surface area contributed by atoms with Gasteiger partial charge in [-0.15, -0.1) is 15.0 Å². The number of fused-ring (bicyclic) bond motifs is 1. The number of benzene rings is 2. The van der Waals surface area contributed by atoms with Gasteiger partial charge < -0.3 is 15.2 Å². The van der Waals surface area contributed by atoms with E-state index in [1.807, 2.05) is 32.9 Å². The fraction of sp³-hybridized carbons (Fsp3) is 0.458. The molecule has 32 heavy (non-hydrogen) atoms. The van der Waals surface area contributed by atoms with Crippen molar-refractivity contribution in [3.8, 4) is 11.4 Å². The highest BCUT2D eigenvalue weighted by atomic mass is 35.5. The summed E-state index contributed by atoms with van der Waals surface area (Å²) in [6.45, 7) is 7.87. The van der Waals surface area contributed by atoms with Crippen LogP contribution in [0.5, 0.6) is 5.75 Å². The number of phenols is 1. The molecule has 0 saturated carbocycles. The standard InChI is InChI=1S/C24H29ClN4O3/c1-24(2,3)18-12-15(4-7-22(30)32-17-8-10-26-11-9-17)13-21(23(18)31)29-27-19-6-5-16(25)14-20(19)28-29/h5-6,12-14,17,26,31H,4,7-11H2,1-3H3. The Hall–Kier alpha value is -2.64. The van der Waals surface area contributed by atoms with Crippen LogP contribution in [0.1, 0.15) is 51.2 Å². The lowest BCUT2D eigenvalue weighted by atomic mass is 9.84. The molecule has 0 amide bonds. The van der Waals surface area contributed by atoms with Gasteiger partial charge in [-0.1, -0.05) is 38.4 Å². The third-order valence-electron chi connectivity index (χ3n) is 5.72. The molecule has 0 spiro atoms. The van der Waals surface area contributed by atoms with E-state index >= 15 is 0 Å². The highest BCUT2D eigenvalue weighted by Crippen LogP contribution is 2.36. The first-order valence-corrected chi connectivity index (χ1v) is 11.4.